The maximum absolute atomic E-state index is 5.93. The summed E-state index contributed by atoms with van der Waals surface area (Å²) in [6, 6.07) is 0. The van der Waals surface area contributed by atoms with Crippen molar-refractivity contribution in [3.8, 4) is 0 Å². The highest BCUT2D eigenvalue weighted by Crippen LogP contribution is 2.40. The van der Waals surface area contributed by atoms with Crippen LogP contribution < -0.4 is 0 Å². The first-order valence-corrected chi connectivity index (χ1v) is 5.47. The van der Waals surface area contributed by atoms with Crippen LogP contribution in [0, 0.1) is 0 Å². The van der Waals surface area contributed by atoms with Gasteiger partial charge in [-0.05, 0) is 20.3 Å². The van der Waals surface area contributed by atoms with Gasteiger partial charge in [0.1, 0.15) is 8.67 Å². The highest BCUT2D eigenvalue weighted by Gasteiger charge is 2.34. The van der Waals surface area contributed by atoms with Crippen LogP contribution in [-0.2, 0) is 0 Å². The van der Waals surface area contributed by atoms with Gasteiger partial charge >= 0.3 is 0 Å². The van der Waals surface area contributed by atoms with Crippen LogP contribution in [0.3, 0.4) is 0 Å². The number of alkyl halides is 5. The van der Waals surface area contributed by atoms with Crippen LogP contribution in [0.4, 0.5) is 0 Å². The van der Waals surface area contributed by atoms with Crippen molar-refractivity contribution in [1.29, 1.82) is 0 Å². The van der Waals surface area contributed by atoms with E-state index in [1.54, 1.807) is 6.92 Å². The van der Waals surface area contributed by atoms with Crippen molar-refractivity contribution < 1.29 is 0 Å². The normalized spacial score (nSPS) is 16.2. The minimum atomic E-state index is -0.945. The Balaban J connectivity index is 4.04. The van der Waals surface area contributed by atoms with Crippen LogP contribution in [-0.4, -0.2) is 14.0 Å². The van der Waals surface area contributed by atoms with E-state index in [1.165, 1.54) is 0 Å². The fourth-order valence-corrected chi connectivity index (χ4v) is 3.09. The van der Waals surface area contributed by atoms with E-state index >= 15 is 0 Å². The Morgan fingerprint density at radius 2 is 1.58 bits per heavy atom. The van der Waals surface area contributed by atoms with Crippen molar-refractivity contribution in [2.24, 2.45) is 0 Å². The molecular formula is C7H11Cl5. The monoisotopic (exact) mass is 270 g/mol. The summed E-state index contributed by atoms with van der Waals surface area (Å²) in [4.78, 5) is 0. The summed E-state index contributed by atoms with van der Waals surface area (Å²) in [5.41, 5.74) is 0. The Hall–Kier alpha value is 1.45. The Kier molecular flexibility index (Phi) is 5.37. The van der Waals surface area contributed by atoms with E-state index in [2.05, 4.69) is 0 Å². The second-order valence-electron chi connectivity index (χ2n) is 3.09. The lowest BCUT2D eigenvalue weighted by atomic mass is 10.1. The summed E-state index contributed by atoms with van der Waals surface area (Å²) < 4.78 is -1.85. The van der Waals surface area contributed by atoms with E-state index in [9.17, 15) is 0 Å². The summed E-state index contributed by atoms with van der Waals surface area (Å²) >= 11 is 29.1. The van der Waals surface area contributed by atoms with Gasteiger partial charge in [0, 0.05) is 11.8 Å². The van der Waals surface area contributed by atoms with Crippen LogP contribution in [0.1, 0.15) is 26.7 Å². The van der Waals surface area contributed by atoms with Gasteiger partial charge in [0.05, 0.1) is 0 Å². The molecule has 74 valence electrons. The lowest BCUT2D eigenvalue weighted by Crippen LogP contribution is -2.25. The highest BCUT2D eigenvalue weighted by atomic mass is 35.5. The molecule has 0 aliphatic heterocycles. The van der Waals surface area contributed by atoms with Gasteiger partial charge in [-0.25, -0.2) is 0 Å². The van der Waals surface area contributed by atoms with Crippen molar-refractivity contribution in [2.75, 3.05) is 0 Å². The molecule has 0 N–H and O–H groups in total. The fourth-order valence-electron chi connectivity index (χ4n) is 0.938. The molecule has 0 fully saturated rings. The summed E-state index contributed by atoms with van der Waals surface area (Å²) in [5.74, 6) is 0. The molecule has 0 rings (SSSR count). The number of halogens is 5. The quantitative estimate of drug-likeness (QED) is 0.647. The third-order valence-corrected chi connectivity index (χ3v) is 2.15. The van der Waals surface area contributed by atoms with Gasteiger partial charge in [0.15, 0.2) is 0 Å². The standard InChI is InChI=1S/C7H11Cl5/c1-5(8)3-7(11,12)4-6(2,9)10/h5H,3-4H2,1-2H3. The van der Waals surface area contributed by atoms with Crippen molar-refractivity contribution >= 4 is 58.0 Å². The Morgan fingerprint density at radius 1 is 1.17 bits per heavy atom. The zero-order chi connectivity index (χ0) is 9.99. The van der Waals surface area contributed by atoms with Gasteiger partial charge in [0.2, 0.25) is 0 Å². The minimum absolute atomic E-state index is 0.0873. The van der Waals surface area contributed by atoms with E-state index in [-0.39, 0.29) is 5.38 Å². The van der Waals surface area contributed by atoms with Gasteiger partial charge in [-0.1, -0.05) is 0 Å². The molecule has 0 spiro atoms. The third-order valence-electron chi connectivity index (χ3n) is 1.15. The molecule has 12 heavy (non-hydrogen) atoms. The lowest BCUT2D eigenvalue weighted by molar-refractivity contribution is 0.600. The molecule has 0 amide bonds. The van der Waals surface area contributed by atoms with Crippen molar-refractivity contribution in [2.45, 2.75) is 40.7 Å². The molecule has 1 atom stereocenters. The van der Waals surface area contributed by atoms with Crippen LogP contribution in [0.25, 0.3) is 0 Å². The molecule has 0 heterocycles. The van der Waals surface area contributed by atoms with Crippen LogP contribution in [0.15, 0.2) is 0 Å². The molecule has 0 aromatic carbocycles. The van der Waals surface area contributed by atoms with Gasteiger partial charge in [0.25, 0.3) is 0 Å². The minimum Gasteiger partial charge on any atom is -0.123 e. The molecule has 5 heteroatoms. The molecule has 0 saturated carbocycles. The fraction of sp³-hybridized carbons (Fsp3) is 1.00. The Morgan fingerprint density at radius 3 is 1.83 bits per heavy atom. The van der Waals surface area contributed by atoms with Crippen LogP contribution in [0.5, 0.6) is 0 Å². The predicted molar refractivity (Wildman–Crippen MR) is 59.1 cm³/mol. The predicted octanol–water partition coefficient (Wildman–Crippen LogP) is 4.76. The molecular weight excluding hydrogens is 261 g/mol. The zero-order valence-corrected chi connectivity index (χ0v) is 10.7. The maximum atomic E-state index is 5.93. The summed E-state index contributed by atoms with van der Waals surface area (Å²) in [7, 11) is 0. The largest absolute Gasteiger partial charge is 0.123 e. The first-order chi connectivity index (χ1) is 5.12. The van der Waals surface area contributed by atoms with E-state index in [0.29, 0.717) is 12.8 Å². The smallest absolute Gasteiger partial charge is 0.122 e. The van der Waals surface area contributed by atoms with E-state index in [4.69, 9.17) is 58.0 Å². The summed E-state index contributed by atoms with van der Waals surface area (Å²) in [5, 5.41) is -0.0873. The Labute approximate surface area is 98.4 Å². The van der Waals surface area contributed by atoms with Gasteiger partial charge < -0.3 is 0 Å². The first kappa shape index (κ1) is 13.4. The molecule has 0 aromatic heterocycles. The van der Waals surface area contributed by atoms with Crippen LogP contribution >= 0.6 is 58.0 Å². The van der Waals surface area contributed by atoms with E-state index in [1.807, 2.05) is 6.92 Å². The van der Waals surface area contributed by atoms with E-state index in [0.717, 1.165) is 0 Å². The second kappa shape index (κ2) is 4.79. The number of hydrogen-bond acceptors (Lipinski definition) is 0. The average Bonchev–Trinajstić information content (AvgIpc) is 1.48. The summed E-state index contributed by atoms with van der Waals surface area (Å²) in [6.07, 6.45) is 0.760. The molecule has 0 aromatic rings. The molecule has 1 unspecified atom stereocenters. The van der Waals surface area contributed by atoms with Gasteiger partial charge in [-0.3, -0.25) is 0 Å². The first-order valence-electron chi connectivity index (χ1n) is 3.52. The molecule has 0 radical (unpaired) electrons. The SMILES string of the molecule is CC(Cl)CC(Cl)(Cl)CC(C)(Cl)Cl. The molecule has 0 aliphatic rings. The molecule has 0 bridgehead atoms. The lowest BCUT2D eigenvalue weighted by Gasteiger charge is -2.25. The van der Waals surface area contributed by atoms with Gasteiger partial charge in [-0.2, -0.15) is 0 Å². The maximum Gasteiger partial charge on any atom is 0.122 e. The third kappa shape index (κ3) is 8.07. The summed E-state index contributed by atoms with van der Waals surface area (Å²) in [6.45, 7) is 3.47. The topological polar surface area (TPSA) is 0 Å². The zero-order valence-electron chi connectivity index (χ0n) is 6.88. The average molecular weight is 272 g/mol. The Bertz CT molecular complexity index is 135. The van der Waals surface area contributed by atoms with Crippen molar-refractivity contribution in [3.63, 3.8) is 0 Å². The molecule has 0 saturated heterocycles. The van der Waals surface area contributed by atoms with Crippen molar-refractivity contribution in [3.05, 3.63) is 0 Å². The molecule has 0 nitrogen and oxygen atoms in total. The van der Waals surface area contributed by atoms with Crippen molar-refractivity contribution in [1.82, 2.24) is 0 Å². The molecule has 0 aliphatic carbocycles. The second-order valence-corrected chi connectivity index (χ2v) is 7.34. The van der Waals surface area contributed by atoms with Crippen LogP contribution in [0.2, 0.25) is 0 Å². The number of rotatable bonds is 4. The van der Waals surface area contributed by atoms with E-state index < -0.39 is 8.67 Å². The highest BCUT2D eigenvalue weighted by molar-refractivity contribution is 6.52. The number of hydrogen-bond donors (Lipinski definition) is 0. The van der Waals surface area contributed by atoms with Gasteiger partial charge in [-0.15, -0.1) is 58.0 Å².